The molecule has 0 radical (unpaired) electrons. The third kappa shape index (κ3) is 4.00. The molecule has 128 valence electrons. The normalized spacial score (nSPS) is 10.6. The molecule has 0 aliphatic heterocycles. The Bertz CT molecular complexity index is 919. The van der Waals surface area contributed by atoms with Gasteiger partial charge in [-0.25, -0.2) is 9.97 Å². The Labute approximate surface area is 144 Å². The quantitative estimate of drug-likeness (QED) is 0.740. The summed E-state index contributed by atoms with van der Waals surface area (Å²) >= 11 is 0. The minimum atomic E-state index is -0.338. The van der Waals surface area contributed by atoms with Crippen molar-refractivity contribution < 1.29 is 14.0 Å². The van der Waals surface area contributed by atoms with Crippen molar-refractivity contribution in [1.82, 2.24) is 20.6 Å². The zero-order valence-corrected chi connectivity index (χ0v) is 14.0. The smallest absolute Gasteiger partial charge is 0.251 e. The Morgan fingerprint density at radius 1 is 1.04 bits per heavy atom. The standard InChI is InChI=1S/C18H18N4O3/c1-11-12(2)22-16-8-13(5-6-15(16)21-11)18(24)20-10-17(23)19-9-14-4-3-7-25-14/h3-8H,9-10H2,1-2H3,(H,19,23)(H,20,24). The van der Waals surface area contributed by atoms with Crippen LogP contribution in [-0.2, 0) is 11.3 Å². The summed E-state index contributed by atoms with van der Waals surface area (Å²) in [7, 11) is 0. The Hall–Kier alpha value is -3.22. The zero-order chi connectivity index (χ0) is 17.8. The van der Waals surface area contributed by atoms with Gasteiger partial charge >= 0.3 is 0 Å². The van der Waals surface area contributed by atoms with Crippen LogP contribution in [0.25, 0.3) is 11.0 Å². The molecule has 7 nitrogen and oxygen atoms in total. The van der Waals surface area contributed by atoms with Crippen molar-refractivity contribution in [3.63, 3.8) is 0 Å². The summed E-state index contributed by atoms with van der Waals surface area (Å²) in [6, 6.07) is 8.60. The largest absolute Gasteiger partial charge is 0.467 e. The molecule has 0 atom stereocenters. The fourth-order valence-corrected chi connectivity index (χ4v) is 2.30. The molecule has 0 bridgehead atoms. The van der Waals surface area contributed by atoms with E-state index >= 15 is 0 Å². The minimum Gasteiger partial charge on any atom is -0.467 e. The van der Waals surface area contributed by atoms with E-state index in [1.165, 1.54) is 6.26 Å². The maximum atomic E-state index is 12.2. The van der Waals surface area contributed by atoms with Gasteiger partial charge in [-0.1, -0.05) is 0 Å². The molecule has 2 aromatic heterocycles. The van der Waals surface area contributed by atoms with Crippen LogP contribution >= 0.6 is 0 Å². The zero-order valence-electron chi connectivity index (χ0n) is 14.0. The third-order valence-electron chi connectivity index (χ3n) is 3.79. The second-order valence-electron chi connectivity index (χ2n) is 5.64. The van der Waals surface area contributed by atoms with Gasteiger partial charge in [-0.15, -0.1) is 0 Å². The molecule has 0 fully saturated rings. The molecule has 2 heterocycles. The van der Waals surface area contributed by atoms with Crippen molar-refractivity contribution in [2.45, 2.75) is 20.4 Å². The van der Waals surface area contributed by atoms with Gasteiger partial charge in [0.05, 0.1) is 41.8 Å². The van der Waals surface area contributed by atoms with Gasteiger partial charge in [-0.3, -0.25) is 9.59 Å². The number of hydrogen-bond acceptors (Lipinski definition) is 5. The third-order valence-corrected chi connectivity index (χ3v) is 3.79. The van der Waals surface area contributed by atoms with Crippen molar-refractivity contribution in [3.05, 3.63) is 59.3 Å². The van der Waals surface area contributed by atoms with Gasteiger partial charge in [0.15, 0.2) is 0 Å². The number of amides is 2. The second kappa shape index (κ2) is 7.12. The minimum absolute atomic E-state index is 0.115. The highest BCUT2D eigenvalue weighted by molar-refractivity contribution is 5.98. The lowest BCUT2D eigenvalue weighted by Crippen LogP contribution is -2.36. The van der Waals surface area contributed by atoms with E-state index in [9.17, 15) is 9.59 Å². The Kier molecular flexibility index (Phi) is 4.74. The van der Waals surface area contributed by atoms with E-state index in [4.69, 9.17) is 4.42 Å². The number of carbonyl (C=O) groups excluding carboxylic acids is 2. The summed E-state index contributed by atoms with van der Waals surface area (Å²) in [6.45, 7) is 3.93. The van der Waals surface area contributed by atoms with Crippen LogP contribution in [0.1, 0.15) is 27.5 Å². The number of rotatable bonds is 5. The highest BCUT2D eigenvalue weighted by Gasteiger charge is 2.10. The van der Waals surface area contributed by atoms with Gasteiger partial charge in [0.2, 0.25) is 5.91 Å². The first kappa shape index (κ1) is 16.6. The van der Waals surface area contributed by atoms with E-state index in [2.05, 4.69) is 20.6 Å². The van der Waals surface area contributed by atoms with Gasteiger partial charge in [-0.05, 0) is 44.2 Å². The molecule has 0 aliphatic rings. The Balaban J connectivity index is 1.60. The lowest BCUT2D eigenvalue weighted by Gasteiger charge is -2.07. The van der Waals surface area contributed by atoms with Crippen LogP contribution < -0.4 is 10.6 Å². The van der Waals surface area contributed by atoms with Crippen LogP contribution in [0.3, 0.4) is 0 Å². The van der Waals surface area contributed by atoms with Gasteiger partial charge in [0.1, 0.15) is 5.76 Å². The molecule has 2 N–H and O–H groups in total. The molecule has 0 spiro atoms. The second-order valence-corrected chi connectivity index (χ2v) is 5.64. The number of benzene rings is 1. The summed E-state index contributed by atoms with van der Waals surface area (Å²) in [5.41, 5.74) is 3.50. The van der Waals surface area contributed by atoms with Gasteiger partial charge in [-0.2, -0.15) is 0 Å². The Morgan fingerprint density at radius 3 is 2.52 bits per heavy atom. The summed E-state index contributed by atoms with van der Waals surface area (Å²) in [5.74, 6) is 0.0188. The van der Waals surface area contributed by atoms with Crippen LogP contribution in [0, 0.1) is 13.8 Å². The van der Waals surface area contributed by atoms with Gasteiger partial charge in [0.25, 0.3) is 5.91 Å². The average Bonchev–Trinajstić information content (AvgIpc) is 3.12. The van der Waals surface area contributed by atoms with Crippen LogP contribution in [0.15, 0.2) is 41.0 Å². The summed E-state index contributed by atoms with van der Waals surface area (Å²) in [4.78, 5) is 32.9. The van der Waals surface area contributed by atoms with Crippen LogP contribution in [-0.4, -0.2) is 28.3 Å². The highest BCUT2D eigenvalue weighted by Crippen LogP contribution is 2.14. The van der Waals surface area contributed by atoms with Gasteiger partial charge < -0.3 is 15.1 Å². The van der Waals surface area contributed by atoms with Crippen molar-refractivity contribution in [2.24, 2.45) is 0 Å². The first-order valence-electron chi connectivity index (χ1n) is 7.85. The molecule has 7 heteroatoms. The Morgan fingerprint density at radius 2 is 1.80 bits per heavy atom. The lowest BCUT2D eigenvalue weighted by molar-refractivity contribution is -0.120. The summed E-state index contributed by atoms with van der Waals surface area (Å²) < 4.78 is 5.12. The molecule has 1 aromatic carbocycles. The number of hydrogen-bond donors (Lipinski definition) is 2. The number of carbonyl (C=O) groups is 2. The fourth-order valence-electron chi connectivity index (χ4n) is 2.30. The van der Waals surface area contributed by atoms with E-state index in [1.54, 1.807) is 30.3 Å². The van der Waals surface area contributed by atoms with Gasteiger partial charge in [0, 0.05) is 5.56 Å². The summed E-state index contributed by atoms with van der Waals surface area (Å²) in [6.07, 6.45) is 1.54. The van der Waals surface area contributed by atoms with Crippen molar-refractivity contribution in [2.75, 3.05) is 6.54 Å². The number of aromatic nitrogens is 2. The van der Waals surface area contributed by atoms with E-state index in [1.807, 2.05) is 13.8 Å². The van der Waals surface area contributed by atoms with Crippen molar-refractivity contribution >= 4 is 22.8 Å². The summed E-state index contributed by atoms with van der Waals surface area (Å²) in [5, 5.41) is 5.26. The van der Waals surface area contributed by atoms with Crippen LogP contribution in [0.4, 0.5) is 0 Å². The molecule has 3 aromatic rings. The van der Waals surface area contributed by atoms with E-state index < -0.39 is 0 Å². The van der Waals surface area contributed by atoms with Crippen LogP contribution in [0.5, 0.6) is 0 Å². The number of nitrogens with one attached hydrogen (secondary N) is 2. The number of nitrogens with zero attached hydrogens (tertiary/aromatic N) is 2. The molecule has 3 rings (SSSR count). The fraction of sp³-hybridized carbons (Fsp3) is 0.222. The first-order chi connectivity index (χ1) is 12.0. The maximum absolute atomic E-state index is 12.2. The number of aryl methyl sites for hydroxylation is 2. The van der Waals surface area contributed by atoms with Crippen LogP contribution in [0.2, 0.25) is 0 Å². The molecule has 0 saturated carbocycles. The average molecular weight is 338 g/mol. The van der Waals surface area contributed by atoms with Crippen molar-refractivity contribution in [3.8, 4) is 0 Å². The molecule has 25 heavy (non-hydrogen) atoms. The SMILES string of the molecule is Cc1nc2ccc(C(=O)NCC(=O)NCc3ccco3)cc2nc1C. The monoisotopic (exact) mass is 338 g/mol. The van der Waals surface area contributed by atoms with Crippen molar-refractivity contribution in [1.29, 1.82) is 0 Å². The predicted octanol–water partition coefficient (Wildman–Crippen LogP) is 1.89. The molecule has 0 aliphatic carbocycles. The first-order valence-corrected chi connectivity index (χ1v) is 7.85. The van der Waals surface area contributed by atoms with E-state index in [0.29, 0.717) is 16.8 Å². The topological polar surface area (TPSA) is 97.1 Å². The molecular weight excluding hydrogens is 320 g/mol. The molecule has 0 unspecified atom stereocenters. The molecule has 2 amide bonds. The highest BCUT2D eigenvalue weighted by atomic mass is 16.3. The number of furan rings is 1. The molecule has 0 saturated heterocycles. The van der Waals surface area contributed by atoms with E-state index in [0.717, 1.165) is 16.9 Å². The maximum Gasteiger partial charge on any atom is 0.251 e. The number of fused-ring (bicyclic) bond motifs is 1. The molecular formula is C18H18N4O3. The van der Waals surface area contributed by atoms with E-state index in [-0.39, 0.29) is 24.9 Å². The lowest BCUT2D eigenvalue weighted by atomic mass is 10.1. The predicted molar refractivity (Wildman–Crippen MR) is 91.9 cm³/mol.